The van der Waals surface area contributed by atoms with Crippen LogP contribution in [0.3, 0.4) is 0 Å². The molecular weight excluding hydrogens is 192 g/mol. The molecule has 0 aromatic carbocycles. The van der Waals surface area contributed by atoms with E-state index in [0.717, 1.165) is 35.5 Å². The average Bonchev–Trinajstić information content (AvgIpc) is 2.61. The fraction of sp³-hybridized carbons (Fsp3) is 1.00. The fourth-order valence-electron chi connectivity index (χ4n) is 5.02. The lowest BCUT2D eigenvalue weighted by Gasteiger charge is -2.51. The Hall–Kier alpha value is 0. The first-order chi connectivity index (χ1) is 7.65. The Morgan fingerprint density at radius 2 is 1.81 bits per heavy atom. The minimum Gasteiger partial charge on any atom is -0.0654 e. The molecule has 0 bridgehead atoms. The van der Waals surface area contributed by atoms with Gasteiger partial charge in [0.25, 0.3) is 0 Å². The molecule has 0 spiro atoms. The summed E-state index contributed by atoms with van der Waals surface area (Å²) in [6.07, 6.45) is 8.88. The number of hydrogen-bond donors (Lipinski definition) is 0. The molecule has 6 atom stereocenters. The molecule has 0 saturated heterocycles. The summed E-state index contributed by atoms with van der Waals surface area (Å²) >= 11 is 0. The van der Waals surface area contributed by atoms with Crippen LogP contribution in [0.1, 0.15) is 66.2 Å². The SMILES string of the molecule is CCCC(C)CC(C)C1C(C)C2CCCC21. The van der Waals surface area contributed by atoms with Crippen molar-refractivity contribution in [2.75, 3.05) is 0 Å². The zero-order valence-corrected chi connectivity index (χ0v) is 11.7. The summed E-state index contributed by atoms with van der Waals surface area (Å²) in [5.41, 5.74) is 0. The second-order valence-electron chi connectivity index (χ2n) is 6.80. The Kier molecular flexibility index (Phi) is 3.97. The van der Waals surface area contributed by atoms with Gasteiger partial charge in [-0.25, -0.2) is 0 Å². The van der Waals surface area contributed by atoms with Gasteiger partial charge in [-0.1, -0.05) is 47.0 Å². The van der Waals surface area contributed by atoms with Crippen LogP contribution >= 0.6 is 0 Å². The van der Waals surface area contributed by atoms with Crippen LogP contribution in [0.15, 0.2) is 0 Å². The van der Waals surface area contributed by atoms with Gasteiger partial charge in [-0.05, 0) is 54.8 Å². The Morgan fingerprint density at radius 3 is 2.50 bits per heavy atom. The van der Waals surface area contributed by atoms with E-state index in [1.165, 1.54) is 25.7 Å². The van der Waals surface area contributed by atoms with Crippen molar-refractivity contribution in [2.24, 2.45) is 35.5 Å². The Balaban J connectivity index is 1.83. The molecule has 0 heterocycles. The van der Waals surface area contributed by atoms with Crippen LogP contribution in [0, 0.1) is 35.5 Å². The van der Waals surface area contributed by atoms with Crippen molar-refractivity contribution in [1.82, 2.24) is 0 Å². The number of fused-ring (bicyclic) bond motifs is 1. The summed E-state index contributed by atoms with van der Waals surface area (Å²) in [6, 6.07) is 0. The molecule has 94 valence electrons. The van der Waals surface area contributed by atoms with E-state index < -0.39 is 0 Å². The summed E-state index contributed by atoms with van der Waals surface area (Å²) in [6.45, 7) is 9.83. The summed E-state index contributed by atoms with van der Waals surface area (Å²) in [5.74, 6) is 6.29. The largest absolute Gasteiger partial charge is 0.0654 e. The van der Waals surface area contributed by atoms with E-state index in [1.807, 2.05) is 0 Å². The second kappa shape index (κ2) is 5.10. The molecule has 0 aromatic heterocycles. The zero-order valence-electron chi connectivity index (χ0n) is 11.7. The monoisotopic (exact) mass is 222 g/mol. The third kappa shape index (κ3) is 2.17. The van der Waals surface area contributed by atoms with Crippen molar-refractivity contribution in [2.45, 2.75) is 66.2 Å². The van der Waals surface area contributed by atoms with Crippen molar-refractivity contribution in [3.8, 4) is 0 Å². The molecule has 0 heteroatoms. The minimum absolute atomic E-state index is 0.952. The average molecular weight is 222 g/mol. The molecule has 2 aliphatic rings. The third-order valence-electron chi connectivity index (χ3n) is 5.61. The van der Waals surface area contributed by atoms with Gasteiger partial charge in [0.15, 0.2) is 0 Å². The van der Waals surface area contributed by atoms with Crippen molar-refractivity contribution < 1.29 is 0 Å². The Bertz CT molecular complexity index is 220. The molecule has 0 amide bonds. The highest BCUT2D eigenvalue weighted by atomic mass is 14.6. The summed E-state index contributed by atoms with van der Waals surface area (Å²) in [7, 11) is 0. The normalized spacial score (nSPS) is 41.2. The van der Waals surface area contributed by atoms with Crippen LogP contribution in [-0.4, -0.2) is 0 Å². The Morgan fingerprint density at radius 1 is 1.12 bits per heavy atom. The number of rotatable bonds is 5. The van der Waals surface area contributed by atoms with E-state index >= 15 is 0 Å². The molecule has 2 fully saturated rings. The maximum absolute atomic E-state index is 2.53. The quantitative estimate of drug-likeness (QED) is 0.605. The lowest BCUT2D eigenvalue weighted by Crippen LogP contribution is -2.45. The molecule has 0 aliphatic heterocycles. The molecule has 0 N–H and O–H groups in total. The predicted molar refractivity (Wildman–Crippen MR) is 71.3 cm³/mol. The van der Waals surface area contributed by atoms with Crippen molar-refractivity contribution in [3.05, 3.63) is 0 Å². The topological polar surface area (TPSA) is 0 Å². The molecular formula is C16H30. The predicted octanol–water partition coefficient (Wildman–Crippen LogP) is 5.13. The van der Waals surface area contributed by atoms with Crippen LogP contribution in [0.25, 0.3) is 0 Å². The molecule has 2 rings (SSSR count). The van der Waals surface area contributed by atoms with Crippen LogP contribution in [0.2, 0.25) is 0 Å². The van der Waals surface area contributed by atoms with E-state index in [4.69, 9.17) is 0 Å². The van der Waals surface area contributed by atoms with Crippen LogP contribution < -0.4 is 0 Å². The molecule has 0 radical (unpaired) electrons. The lowest BCUT2D eigenvalue weighted by atomic mass is 9.54. The van der Waals surface area contributed by atoms with E-state index in [9.17, 15) is 0 Å². The van der Waals surface area contributed by atoms with Gasteiger partial charge in [0, 0.05) is 0 Å². The van der Waals surface area contributed by atoms with Gasteiger partial charge >= 0.3 is 0 Å². The first-order valence-corrected chi connectivity index (χ1v) is 7.65. The highest BCUT2D eigenvalue weighted by Crippen LogP contribution is 2.58. The van der Waals surface area contributed by atoms with E-state index in [2.05, 4.69) is 27.7 Å². The summed E-state index contributed by atoms with van der Waals surface area (Å²) < 4.78 is 0. The van der Waals surface area contributed by atoms with E-state index in [0.29, 0.717) is 0 Å². The zero-order chi connectivity index (χ0) is 11.7. The van der Waals surface area contributed by atoms with Crippen molar-refractivity contribution in [3.63, 3.8) is 0 Å². The first-order valence-electron chi connectivity index (χ1n) is 7.65. The summed E-state index contributed by atoms with van der Waals surface area (Å²) in [5, 5.41) is 0. The second-order valence-corrected chi connectivity index (χ2v) is 6.80. The molecule has 0 aromatic rings. The smallest absolute Gasteiger partial charge is 0.0329 e. The molecule has 0 nitrogen and oxygen atoms in total. The van der Waals surface area contributed by atoms with Gasteiger partial charge < -0.3 is 0 Å². The molecule has 6 unspecified atom stereocenters. The minimum atomic E-state index is 0.952. The maximum atomic E-state index is 2.53. The van der Waals surface area contributed by atoms with Gasteiger partial charge in [0.2, 0.25) is 0 Å². The van der Waals surface area contributed by atoms with Crippen LogP contribution in [0.5, 0.6) is 0 Å². The molecule has 2 saturated carbocycles. The first kappa shape index (κ1) is 12.5. The molecule has 16 heavy (non-hydrogen) atoms. The number of hydrogen-bond acceptors (Lipinski definition) is 0. The summed E-state index contributed by atoms with van der Waals surface area (Å²) in [4.78, 5) is 0. The van der Waals surface area contributed by atoms with Crippen molar-refractivity contribution >= 4 is 0 Å². The van der Waals surface area contributed by atoms with E-state index in [-0.39, 0.29) is 0 Å². The van der Waals surface area contributed by atoms with Gasteiger partial charge in [-0.3, -0.25) is 0 Å². The highest BCUT2D eigenvalue weighted by Gasteiger charge is 2.51. The van der Waals surface area contributed by atoms with Gasteiger partial charge in [0.05, 0.1) is 0 Å². The van der Waals surface area contributed by atoms with Crippen LogP contribution in [0.4, 0.5) is 0 Å². The lowest BCUT2D eigenvalue weighted by molar-refractivity contribution is -0.0289. The van der Waals surface area contributed by atoms with Gasteiger partial charge in [-0.15, -0.1) is 0 Å². The van der Waals surface area contributed by atoms with E-state index in [1.54, 1.807) is 12.8 Å². The highest BCUT2D eigenvalue weighted by molar-refractivity contribution is 5.00. The third-order valence-corrected chi connectivity index (χ3v) is 5.61. The fourth-order valence-corrected chi connectivity index (χ4v) is 5.02. The maximum Gasteiger partial charge on any atom is -0.0329 e. The van der Waals surface area contributed by atoms with Gasteiger partial charge in [0.1, 0.15) is 0 Å². The van der Waals surface area contributed by atoms with Crippen LogP contribution in [-0.2, 0) is 0 Å². The standard InChI is InChI=1S/C16H30/c1-5-7-11(2)10-12(3)16-13(4)14-8-6-9-15(14)16/h11-16H,5-10H2,1-4H3. The van der Waals surface area contributed by atoms with Gasteiger partial charge in [-0.2, -0.15) is 0 Å². The Labute approximate surface area is 102 Å². The van der Waals surface area contributed by atoms with Crippen molar-refractivity contribution in [1.29, 1.82) is 0 Å². The molecule has 2 aliphatic carbocycles.